The highest BCUT2D eigenvalue weighted by Gasteiger charge is 2.19. The van der Waals surface area contributed by atoms with Crippen LogP contribution in [0.4, 0.5) is 0 Å². The summed E-state index contributed by atoms with van der Waals surface area (Å²) in [7, 11) is 0.353. The summed E-state index contributed by atoms with van der Waals surface area (Å²) in [4.78, 5) is 13.8. The number of benzene rings is 1. The van der Waals surface area contributed by atoms with Crippen LogP contribution < -0.4 is 5.32 Å². The number of rotatable bonds is 9. The molecule has 0 saturated carbocycles. The van der Waals surface area contributed by atoms with Gasteiger partial charge < -0.3 is 10.2 Å². The molecule has 1 aromatic carbocycles. The Morgan fingerprint density at radius 1 is 1.26 bits per heavy atom. The highest BCUT2D eigenvalue weighted by Crippen LogP contribution is 2.12. The van der Waals surface area contributed by atoms with Crippen molar-refractivity contribution in [2.75, 3.05) is 46.5 Å². The van der Waals surface area contributed by atoms with Crippen LogP contribution in [0.1, 0.15) is 5.56 Å². The van der Waals surface area contributed by atoms with Gasteiger partial charge in [-0.1, -0.05) is 23.7 Å². The Bertz CT molecular complexity index is 620. The van der Waals surface area contributed by atoms with E-state index < -0.39 is 10.0 Å². The van der Waals surface area contributed by atoms with Crippen molar-refractivity contribution in [3.8, 4) is 0 Å². The summed E-state index contributed by atoms with van der Waals surface area (Å²) in [6.45, 7) is 1.25. The molecule has 0 fully saturated rings. The summed E-state index contributed by atoms with van der Waals surface area (Å²) in [6.07, 6.45) is 1.61. The van der Waals surface area contributed by atoms with Crippen LogP contribution in [0.3, 0.4) is 0 Å². The van der Waals surface area contributed by atoms with Crippen LogP contribution in [0.2, 0.25) is 5.02 Å². The number of nitrogens with one attached hydrogen (secondary N) is 1. The van der Waals surface area contributed by atoms with E-state index in [0.717, 1.165) is 11.8 Å². The van der Waals surface area contributed by atoms with E-state index in [2.05, 4.69) is 5.32 Å². The van der Waals surface area contributed by atoms with Crippen LogP contribution in [0.25, 0.3) is 0 Å². The van der Waals surface area contributed by atoms with Gasteiger partial charge in [-0.05, 0) is 38.2 Å². The summed E-state index contributed by atoms with van der Waals surface area (Å²) in [6, 6.07) is 7.25. The lowest BCUT2D eigenvalue weighted by Gasteiger charge is -2.20. The first kappa shape index (κ1) is 19.9. The van der Waals surface area contributed by atoms with E-state index in [1.165, 1.54) is 4.31 Å². The Morgan fingerprint density at radius 2 is 1.96 bits per heavy atom. The van der Waals surface area contributed by atoms with Crippen molar-refractivity contribution in [2.45, 2.75) is 6.42 Å². The molecule has 0 aromatic heterocycles. The number of hydrogen-bond donors (Lipinski definition) is 1. The maximum Gasteiger partial charge on any atom is 0.235 e. The Hall–Kier alpha value is -1.15. The fraction of sp³-hybridized carbons (Fsp3) is 0.533. The quantitative estimate of drug-likeness (QED) is 0.707. The Labute approximate surface area is 143 Å². The van der Waals surface area contributed by atoms with Crippen molar-refractivity contribution in [3.05, 3.63) is 34.9 Å². The van der Waals surface area contributed by atoms with E-state index >= 15 is 0 Å². The fourth-order valence-corrected chi connectivity index (χ4v) is 2.93. The third-order valence-corrected chi connectivity index (χ3v) is 4.69. The lowest BCUT2D eigenvalue weighted by atomic mass is 10.1. The minimum absolute atomic E-state index is 0.174. The summed E-state index contributed by atoms with van der Waals surface area (Å²) in [5.74, 6) is -0.302. The minimum atomic E-state index is -3.45. The molecular weight excluding hydrogens is 338 g/mol. The monoisotopic (exact) mass is 361 g/mol. The van der Waals surface area contributed by atoms with Crippen molar-refractivity contribution in [3.63, 3.8) is 0 Å². The first-order valence-electron chi connectivity index (χ1n) is 7.29. The van der Waals surface area contributed by atoms with Crippen LogP contribution in [0.15, 0.2) is 24.3 Å². The molecule has 8 heteroatoms. The number of likely N-dealkylation sites (N-methyl/N-ethyl adjacent to an activating group) is 1. The largest absolute Gasteiger partial charge is 0.354 e. The van der Waals surface area contributed by atoms with Gasteiger partial charge in [0, 0.05) is 24.7 Å². The molecule has 0 saturated heterocycles. The summed E-state index contributed by atoms with van der Waals surface area (Å²) in [5.41, 5.74) is 0.930. The molecule has 0 heterocycles. The molecule has 23 heavy (non-hydrogen) atoms. The third-order valence-electron chi connectivity index (χ3n) is 3.21. The molecule has 0 aliphatic heterocycles. The molecular formula is C15H24ClN3O3S. The predicted molar refractivity (Wildman–Crippen MR) is 93.1 cm³/mol. The zero-order chi connectivity index (χ0) is 17.5. The lowest BCUT2D eigenvalue weighted by molar-refractivity contribution is -0.121. The van der Waals surface area contributed by atoms with Gasteiger partial charge in [-0.2, -0.15) is 4.31 Å². The maximum atomic E-state index is 11.9. The molecule has 0 bridgehead atoms. The number of nitrogens with zero attached hydrogens (tertiary/aromatic N) is 2. The average Bonchev–Trinajstić information content (AvgIpc) is 2.41. The van der Waals surface area contributed by atoms with Crippen LogP contribution in [-0.4, -0.2) is 70.1 Å². The Morgan fingerprint density at radius 3 is 2.52 bits per heavy atom. The molecule has 1 aromatic rings. The van der Waals surface area contributed by atoms with E-state index in [1.807, 2.05) is 31.1 Å². The molecule has 0 radical (unpaired) electrons. The summed E-state index contributed by atoms with van der Waals surface area (Å²) >= 11 is 5.92. The third kappa shape index (κ3) is 8.31. The molecule has 0 aliphatic rings. The standard InChI is InChI=1S/C15H24ClN3O3S/c1-18(2)10-8-17-15(20)12-19(23(3,21)22)9-7-13-5-4-6-14(16)11-13/h4-6,11H,7-10,12H2,1-3H3,(H,17,20). The molecule has 1 N–H and O–H groups in total. The van der Waals surface area contributed by atoms with Gasteiger partial charge in [0.25, 0.3) is 0 Å². The van der Waals surface area contributed by atoms with E-state index in [4.69, 9.17) is 11.6 Å². The second kappa shape index (κ2) is 9.22. The van der Waals surface area contributed by atoms with Crippen LogP contribution in [0, 0.1) is 0 Å². The zero-order valence-electron chi connectivity index (χ0n) is 13.8. The van der Waals surface area contributed by atoms with Gasteiger partial charge in [-0.25, -0.2) is 8.42 Å². The van der Waals surface area contributed by atoms with Gasteiger partial charge in [0.15, 0.2) is 0 Å². The smallest absolute Gasteiger partial charge is 0.235 e. The number of hydrogen-bond acceptors (Lipinski definition) is 4. The van der Waals surface area contributed by atoms with Gasteiger partial charge in [0.2, 0.25) is 15.9 Å². The first-order chi connectivity index (χ1) is 10.7. The summed E-state index contributed by atoms with van der Waals surface area (Å²) in [5, 5.41) is 3.32. The van der Waals surface area contributed by atoms with Crippen LogP contribution in [0.5, 0.6) is 0 Å². The number of carbonyl (C=O) groups excluding carboxylic acids is 1. The minimum Gasteiger partial charge on any atom is -0.354 e. The van der Waals surface area contributed by atoms with Crippen LogP contribution in [-0.2, 0) is 21.2 Å². The van der Waals surface area contributed by atoms with Crippen molar-refractivity contribution in [2.24, 2.45) is 0 Å². The van der Waals surface area contributed by atoms with Crippen molar-refractivity contribution >= 4 is 27.5 Å². The number of amides is 1. The fourth-order valence-electron chi connectivity index (χ4n) is 1.94. The zero-order valence-corrected chi connectivity index (χ0v) is 15.3. The van der Waals surface area contributed by atoms with Gasteiger partial charge >= 0.3 is 0 Å². The maximum absolute atomic E-state index is 11.9. The molecule has 130 valence electrons. The Kier molecular flexibility index (Phi) is 7.98. The highest BCUT2D eigenvalue weighted by molar-refractivity contribution is 7.88. The van der Waals surface area contributed by atoms with Gasteiger partial charge in [0.1, 0.15) is 0 Å². The normalized spacial score (nSPS) is 11.9. The number of halogens is 1. The molecule has 0 atom stereocenters. The first-order valence-corrected chi connectivity index (χ1v) is 9.52. The highest BCUT2D eigenvalue weighted by atomic mass is 35.5. The Balaban J connectivity index is 2.58. The molecule has 1 rings (SSSR count). The molecule has 0 spiro atoms. The van der Waals surface area contributed by atoms with E-state index in [9.17, 15) is 13.2 Å². The van der Waals surface area contributed by atoms with Gasteiger partial charge in [0.05, 0.1) is 12.8 Å². The molecule has 0 aliphatic carbocycles. The van der Waals surface area contributed by atoms with Crippen molar-refractivity contribution in [1.29, 1.82) is 0 Å². The van der Waals surface area contributed by atoms with Crippen LogP contribution >= 0.6 is 11.6 Å². The van der Waals surface area contributed by atoms with E-state index in [1.54, 1.807) is 12.1 Å². The van der Waals surface area contributed by atoms with E-state index in [-0.39, 0.29) is 19.0 Å². The second-order valence-electron chi connectivity index (χ2n) is 5.63. The molecule has 1 amide bonds. The second-order valence-corrected chi connectivity index (χ2v) is 8.05. The topological polar surface area (TPSA) is 69.7 Å². The predicted octanol–water partition coefficient (Wildman–Crippen LogP) is 0.822. The summed E-state index contributed by atoms with van der Waals surface area (Å²) < 4.78 is 24.9. The van der Waals surface area contributed by atoms with E-state index in [0.29, 0.717) is 24.5 Å². The van der Waals surface area contributed by atoms with Crippen molar-refractivity contribution in [1.82, 2.24) is 14.5 Å². The number of sulfonamides is 1. The molecule has 6 nitrogen and oxygen atoms in total. The number of carbonyl (C=O) groups is 1. The van der Waals surface area contributed by atoms with Gasteiger partial charge in [-0.3, -0.25) is 4.79 Å². The molecule has 0 unspecified atom stereocenters. The SMILES string of the molecule is CN(C)CCNC(=O)CN(CCc1cccc(Cl)c1)S(C)(=O)=O. The average molecular weight is 362 g/mol. The van der Waals surface area contributed by atoms with Gasteiger partial charge in [-0.15, -0.1) is 0 Å². The van der Waals surface area contributed by atoms with Crippen molar-refractivity contribution < 1.29 is 13.2 Å². The lowest BCUT2D eigenvalue weighted by Crippen LogP contribution is -2.42.